The van der Waals surface area contributed by atoms with Gasteiger partial charge in [-0.1, -0.05) is 225 Å². The quantitative estimate of drug-likeness (QED) is 0.0323. The van der Waals surface area contributed by atoms with Crippen molar-refractivity contribution in [3.8, 4) is 0 Å². The van der Waals surface area contributed by atoms with Gasteiger partial charge in [0.25, 0.3) is 0 Å². The van der Waals surface area contributed by atoms with E-state index in [1.165, 1.54) is 154 Å². The summed E-state index contributed by atoms with van der Waals surface area (Å²) in [6.45, 7) is 6.45. The Morgan fingerprint density at radius 1 is 0.500 bits per heavy atom. The Kier molecular flexibility index (Phi) is 45.1. The summed E-state index contributed by atoms with van der Waals surface area (Å²) in [5.74, 6) is -0.475. The van der Waals surface area contributed by atoms with Crippen LogP contribution in [-0.4, -0.2) is 46.9 Å². The lowest BCUT2D eigenvalue weighted by atomic mass is 10.0. The second-order valence-electron chi connectivity index (χ2n) is 17.6. The number of allylic oxidation sites excluding steroid dienone is 4. The van der Waals surface area contributed by atoms with Crippen LogP contribution in [0.5, 0.6) is 0 Å². The van der Waals surface area contributed by atoms with E-state index in [-0.39, 0.29) is 24.9 Å². The van der Waals surface area contributed by atoms with Crippen molar-refractivity contribution in [2.45, 2.75) is 289 Å². The Hall–Kier alpha value is -1.66. The molecule has 0 aliphatic rings. The molecule has 0 aromatic rings. The lowest BCUT2D eigenvalue weighted by Crippen LogP contribution is -2.46. The van der Waals surface area contributed by atoms with Gasteiger partial charge in [0, 0.05) is 6.42 Å². The molecule has 0 rings (SSSR count). The van der Waals surface area contributed by atoms with Gasteiger partial charge in [0.1, 0.15) is 6.10 Å². The van der Waals surface area contributed by atoms with Crippen LogP contribution in [0, 0.1) is 0 Å². The summed E-state index contributed by atoms with van der Waals surface area (Å²) in [6, 6.07) is -0.700. The number of unbranched alkanes of at least 4 members (excludes halogenated alkanes) is 30. The average Bonchev–Trinajstić information content (AvgIpc) is 3.22. The smallest absolute Gasteiger partial charge is 0.306 e. The van der Waals surface area contributed by atoms with Gasteiger partial charge in [-0.3, -0.25) is 9.59 Å². The van der Waals surface area contributed by atoms with Gasteiger partial charge in [0.15, 0.2) is 0 Å². The summed E-state index contributed by atoms with van der Waals surface area (Å²) in [7, 11) is 0. The number of aliphatic hydroxyl groups is 2. The van der Waals surface area contributed by atoms with E-state index >= 15 is 0 Å². The van der Waals surface area contributed by atoms with Gasteiger partial charge in [-0.05, 0) is 57.8 Å². The zero-order chi connectivity index (χ0) is 42.4. The van der Waals surface area contributed by atoms with Gasteiger partial charge in [-0.2, -0.15) is 0 Å². The van der Waals surface area contributed by atoms with Crippen LogP contribution in [0.25, 0.3) is 0 Å². The maximum atomic E-state index is 13.2. The van der Waals surface area contributed by atoms with E-state index in [1.54, 1.807) is 0 Å². The molecule has 0 saturated carbocycles. The molecule has 0 radical (unpaired) electrons. The molecule has 0 aliphatic carbocycles. The van der Waals surface area contributed by atoms with E-state index in [0.717, 1.165) is 70.6 Å². The molecule has 3 unspecified atom stereocenters. The second kappa shape index (κ2) is 46.4. The predicted octanol–water partition coefficient (Wildman–Crippen LogP) is 15.1. The maximum absolute atomic E-state index is 13.2. The van der Waals surface area contributed by atoms with Crippen molar-refractivity contribution >= 4 is 11.9 Å². The van der Waals surface area contributed by atoms with Gasteiger partial charge >= 0.3 is 5.97 Å². The van der Waals surface area contributed by atoms with Crippen molar-refractivity contribution in [3.63, 3.8) is 0 Å². The van der Waals surface area contributed by atoms with E-state index in [9.17, 15) is 19.8 Å². The number of carbonyl (C=O) groups excluding carboxylic acids is 2. The molecular formula is C52H99NO5. The van der Waals surface area contributed by atoms with Gasteiger partial charge in [-0.15, -0.1) is 0 Å². The summed E-state index contributed by atoms with van der Waals surface area (Å²) < 4.78 is 5.93. The number of amides is 1. The first-order valence-corrected chi connectivity index (χ1v) is 25.6. The zero-order valence-electron chi connectivity index (χ0n) is 38.9. The van der Waals surface area contributed by atoms with E-state index in [2.05, 4.69) is 50.4 Å². The first-order chi connectivity index (χ1) is 28.5. The number of rotatable bonds is 46. The summed E-state index contributed by atoms with van der Waals surface area (Å²) in [5, 5.41) is 23.7. The molecule has 0 aromatic heterocycles. The third-order valence-corrected chi connectivity index (χ3v) is 11.8. The van der Waals surface area contributed by atoms with Crippen LogP contribution in [0.3, 0.4) is 0 Å². The van der Waals surface area contributed by atoms with Crippen LogP contribution < -0.4 is 5.32 Å². The number of nitrogens with one attached hydrogen (secondary N) is 1. The van der Waals surface area contributed by atoms with Crippen LogP contribution in [-0.2, 0) is 14.3 Å². The molecule has 6 nitrogen and oxygen atoms in total. The van der Waals surface area contributed by atoms with Crippen LogP contribution in [0.4, 0.5) is 0 Å². The zero-order valence-corrected chi connectivity index (χ0v) is 38.9. The molecule has 3 atom stereocenters. The Balaban J connectivity index is 4.57. The van der Waals surface area contributed by atoms with Crippen LogP contribution in [0.1, 0.15) is 271 Å². The molecule has 0 fully saturated rings. The first-order valence-electron chi connectivity index (χ1n) is 25.6. The molecule has 0 saturated heterocycles. The second-order valence-corrected chi connectivity index (χ2v) is 17.6. The highest BCUT2D eigenvalue weighted by Gasteiger charge is 2.24. The fraction of sp³-hybridized carbons (Fsp3) is 0.885. The molecule has 0 bridgehead atoms. The van der Waals surface area contributed by atoms with Crippen molar-refractivity contribution in [3.05, 3.63) is 24.3 Å². The molecule has 3 N–H and O–H groups in total. The van der Waals surface area contributed by atoms with Crippen LogP contribution in [0.2, 0.25) is 0 Å². The largest absolute Gasteiger partial charge is 0.462 e. The Labute approximate surface area is 361 Å². The number of esters is 1. The van der Waals surface area contributed by atoms with E-state index < -0.39 is 18.2 Å². The number of ether oxygens (including phenoxy) is 1. The van der Waals surface area contributed by atoms with Gasteiger partial charge in [0.05, 0.1) is 25.2 Å². The molecule has 58 heavy (non-hydrogen) atoms. The highest BCUT2D eigenvalue weighted by atomic mass is 16.5. The number of hydrogen-bond acceptors (Lipinski definition) is 5. The highest BCUT2D eigenvalue weighted by Crippen LogP contribution is 2.18. The summed E-state index contributed by atoms with van der Waals surface area (Å²) in [5.41, 5.74) is 0. The Morgan fingerprint density at radius 2 is 0.879 bits per heavy atom. The van der Waals surface area contributed by atoms with E-state index in [4.69, 9.17) is 4.74 Å². The molecule has 342 valence electrons. The van der Waals surface area contributed by atoms with E-state index in [1.807, 2.05) is 0 Å². The van der Waals surface area contributed by atoms with Crippen molar-refractivity contribution in [2.75, 3.05) is 6.61 Å². The van der Waals surface area contributed by atoms with Gasteiger partial charge < -0.3 is 20.3 Å². The Morgan fingerprint density at radius 3 is 1.34 bits per heavy atom. The number of aliphatic hydroxyl groups excluding tert-OH is 2. The Bertz CT molecular complexity index is 919. The van der Waals surface area contributed by atoms with Crippen LogP contribution >= 0.6 is 0 Å². The minimum absolute atomic E-state index is 0.0731. The molecule has 1 amide bonds. The third kappa shape index (κ3) is 41.1. The molecule has 0 spiro atoms. The van der Waals surface area contributed by atoms with Gasteiger partial charge in [-0.25, -0.2) is 0 Å². The van der Waals surface area contributed by atoms with Crippen molar-refractivity contribution in [1.82, 2.24) is 5.32 Å². The molecule has 0 aromatic carbocycles. The maximum Gasteiger partial charge on any atom is 0.306 e. The van der Waals surface area contributed by atoms with Crippen LogP contribution in [0.15, 0.2) is 24.3 Å². The molecule has 6 heteroatoms. The standard InChI is InChI=1S/C52H99NO5/c1-4-7-10-13-16-19-21-23-25-27-29-32-34-37-40-43-48(46-51(56)53-49(47-54)50(55)44-41-38-35-31-18-15-12-9-6-3)58-52(57)45-42-39-36-33-30-28-26-24-22-20-17-14-11-8-5-2/h16,19,23,25,48-50,54-55H,4-15,17-18,20-22,24,26-47H2,1-3H3,(H,53,56)/b19-16-,25-23-. The number of carbonyl (C=O) groups is 2. The molecule has 0 heterocycles. The normalized spacial score (nSPS) is 13.4. The van der Waals surface area contributed by atoms with Crippen molar-refractivity contribution in [2.24, 2.45) is 0 Å². The predicted molar refractivity (Wildman–Crippen MR) is 250 cm³/mol. The molecular weight excluding hydrogens is 719 g/mol. The van der Waals surface area contributed by atoms with Gasteiger partial charge in [0.2, 0.25) is 5.91 Å². The lowest BCUT2D eigenvalue weighted by molar-refractivity contribution is -0.151. The van der Waals surface area contributed by atoms with Crippen molar-refractivity contribution in [1.29, 1.82) is 0 Å². The number of hydrogen-bond donors (Lipinski definition) is 3. The summed E-state index contributed by atoms with van der Waals surface area (Å²) >= 11 is 0. The lowest BCUT2D eigenvalue weighted by Gasteiger charge is -2.24. The summed E-state index contributed by atoms with van der Waals surface area (Å²) in [6.07, 6.45) is 52.4. The SMILES string of the molecule is CCCCC/C=C\C/C=C\CCCCCCCC(CC(=O)NC(CO)C(O)CCCCCCCCCCC)OC(=O)CCCCCCCCCCCCCCCCC. The van der Waals surface area contributed by atoms with Crippen molar-refractivity contribution < 1.29 is 24.5 Å². The van der Waals surface area contributed by atoms with E-state index in [0.29, 0.717) is 19.3 Å². The molecule has 0 aliphatic heterocycles. The topological polar surface area (TPSA) is 95.9 Å². The third-order valence-electron chi connectivity index (χ3n) is 11.8. The first kappa shape index (κ1) is 56.3. The fourth-order valence-electron chi connectivity index (χ4n) is 7.87. The highest BCUT2D eigenvalue weighted by molar-refractivity contribution is 5.77. The minimum atomic E-state index is -0.786. The average molecular weight is 818 g/mol. The monoisotopic (exact) mass is 818 g/mol. The minimum Gasteiger partial charge on any atom is -0.462 e. The summed E-state index contributed by atoms with van der Waals surface area (Å²) in [4.78, 5) is 26.1. The fourth-order valence-corrected chi connectivity index (χ4v) is 7.87.